The predicted molar refractivity (Wildman–Crippen MR) is 54.5 cm³/mol. The van der Waals surface area contributed by atoms with Gasteiger partial charge in [0.15, 0.2) is 0 Å². The first-order chi connectivity index (χ1) is 6.09. The molecule has 68 valence electrons. The van der Waals surface area contributed by atoms with Gasteiger partial charge in [0.05, 0.1) is 0 Å². The van der Waals surface area contributed by atoms with Crippen LogP contribution in [0.5, 0.6) is 0 Å². The molecule has 0 aromatic carbocycles. The monoisotopic (exact) mass is 174 g/mol. The van der Waals surface area contributed by atoms with E-state index in [1.807, 2.05) is 6.07 Å². The third-order valence-electron chi connectivity index (χ3n) is 2.61. The lowest BCUT2D eigenvalue weighted by Gasteiger charge is -2.33. The second-order valence-electron chi connectivity index (χ2n) is 4.18. The minimum atomic E-state index is 0.135. The van der Waals surface area contributed by atoms with Gasteiger partial charge in [-0.15, -0.1) is 0 Å². The molecule has 1 aliphatic heterocycles. The second kappa shape index (κ2) is 2.59. The molecule has 0 saturated heterocycles. The van der Waals surface area contributed by atoms with Crippen LogP contribution in [0.2, 0.25) is 0 Å². The number of anilines is 1. The Hall–Kier alpha value is -1.31. The van der Waals surface area contributed by atoms with E-state index >= 15 is 0 Å². The third kappa shape index (κ3) is 1.32. The lowest BCUT2D eigenvalue weighted by Crippen LogP contribution is -2.28. The fourth-order valence-corrected chi connectivity index (χ4v) is 1.59. The van der Waals surface area contributed by atoms with E-state index in [0.717, 1.165) is 17.9 Å². The number of nitrogens with one attached hydrogen (secondary N) is 1. The largest absolute Gasteiger partial charge is 0.344 e. The molecule has 2 rings (SSSR count). The molecular formula is C11H14N2. The van der Waals surface area contributed by atoms with E-state index in [0.29, 0.717) is 0 Å². The van der Waals surface area contributed by atoms with Gasteiger partial charge in [0.1, 0.15) is 5.82 Å². The Bertz CT molecular complexity index is 353. The quantitative estimate of drug-likeness (QED) is 0.654. The Kier molecular flexibility index (Phi) is 1.65. The molecule has 0 bridgehead atoms. The molecule has 1 aromatic heterocycles. The maximum absolute atomic E-state index is 4.26. The lowest BCUT2D eigenvalue weighted by atomic mass is 9.80. The Morgan fingerprint density at radius 3 is 3.08 bits per heavy atom. The Labute approximate surface area is 78.7 Å². The van der Waals surface area contributed by atoms with Gasteiger partial charge < -0.3 is 5.32 Å². The summed E-state index contributed by atoms with van der Waals surface area (Å²) in [6.45, 7) is 8.40. The third-order valence-corrected chi connectivity index (χ3v) is 2.61. The molecule has 1 aromatic rings. The average Bonchev–Trinajstić information content (AvgIpc) is 2.06. The van der Waals surface area contributed by atoms with Crippen molar-refractivity contribution < 1.29 is 0 Å². The highest BCUT2D eigenvalue weighted by Gasteiger charge is 2.28. The summed E-state index contributed by atoms with van der Waals surface area (Å²) >= 11 is 0. The van der Waals surface area contributed by atoms with Gasteiger partial charge in [-0.2, -0.15) is 0 Å². The molecule has 0 unspecified atom stereocenters. The van der Waals surface area contributed by atoms with E-state index in [1.54, 1.807) is 6.20 Å². The predicted octanol–water partition coefficient (Wildman–Crippen LogP) is 2.59. The molecule has 0 aliphatic carbocycles. The molecule has 0 radical (unpaired) electrons. The number of hydrogen-bond donors (Lipinski definition) is 1. The first-order valence-electron chi connectivity index (χ1n) is 4.50. The highest BCUT2D eigenvalue weighted by molar-refractivity contribution is 5.53. The van der Waals surface area contributed by atoms with Gasteiger partial charge in [-0.3, -0.25) is 0 Å². The van der Waals surface area contributed by atoms with Gasteiger partial charge >= 0.3 is 0 Å². The molecule has 0 fully saturated rings. The van der Waals surface area contributed by atoms with Gasteiger partial charge in [0.2, 0.25) is 0 Å². The highest BCUT2D eigenvalue weighted by Crippen LogP contribution is 2.36. The zero-order valence-electron chi connectivity index (χ0n) is 8.09. The molecule has 0 spiro atoms. The van der Waals surface area contributed by atoms with Crippen molar-refractivity contribution in [3.8, 4) is 0 Å². The number of allylic oxidation sites excluding steroid dienone is 1. The summed E-state index contributed by atoms with van der Waals surface area (Å²) in [4.78, 5) is 4.26. The van der Waals surface area contributed by atoms with Crippen molar-refractivity contribution in [1.29, 1.82) is 0 Å². The summed E-state index contributed by atoms with van der Waals surface area (Å²) in [6, 6.07) is 4.09. The van der Waals surface area contributed by atoms with Crippen molar-refractivity contribution in [2.75, 3.05) is 5.32 Å². The average molecular weight is 174 g/mol. The number of fused-ring (bicyclic) bond motifs is 1. The van der Waals surface area contributed by atoms with E-state index in [-0.39, 0.29) is 5.41 Å². The second-order valence-corrected chi connectivity index (χ2v) is 4.18. The Morgan fingerprint density at radius 1 is 1.54 bits per heavy atom. The molecule has 2 heterocycles. The van der Waals surface area contributed by atoms with Crippen LogP contribution >= 0.6 is 0 Å². The summed E-state index contributed by atoms with van der Waals surface area (Å²) in [7, 11) is 0. The molecular weight excluding hydrogens is 160 g/mol. The maximum Gasteiger partial charge on any atom is 0.133 e. The minimum absolute atomic E-state index is 0.135. The van der Waals surface area contributed by atoms with Gasteiger partial charge in [0.25, 0.3) is 0 Å². The molecule has 0 saturated carbocycles. The standard InChI is InChI=1S/C11H14N2/c1-8-11(2,3)7-9-5-4-6-12-10(9)13-8/h4-6H,1,7H2,2-3H3,(H,12,13). The zero-order chi connectivity index (χ0) is 9.47. The summed E-state index contributed by atoms with van der Waals surface area (Å²) in [5.74, 6) is 0.965. The normalized spacial score (nSPS) is 19.1. The summed E-state index contributed by atoms with van der Waals surface area (Å²) in [5.41, 5.74) is 2.47. The van der Waals surface area contributed by atoms with Crippen LogP contribution in [0.25, 0.3) is 0 Å². The van der Waals surface area contributed by atoms with Crippen molar-refractivity contribution in [2.45, 2.75) is 20.3 Å². The molecule has 0 amide bonds. The molecule has 1 aliphatic rings. The first kappa shape index (κ1) is 8.30. The maximum atomic E-state index is 4.26. The SMILES string of the molecule is C=C1Nc2ncccc2CC1(C)C. The first-order valence-corrected chi connectivity index (χ1v) is 4.50. The fourth-order valence-electron chi connectivity index (χ4n) is 1.59. The summed E-state index contributed by atoms with van der Waals surface area (Å²) < 4.78 is 0. The molecule has 1 N–H and O–H groups in total. The number of aromatic nitrogens is 1. The number of pyridine rings is 1. The van der Waals surface area contributed by atoms with E-state index in [2.05, 4.69) is 36.8 Å². The van der Waals surface area contributed by atoms with Crippen molar-refractivity contribution in [2.24, 2.45) is 5.41 Å². The Morgan fingerprint density at radius 2 is 2.31 bits per heavy atom. The van der Waals surface area contributed by atoms with Gasteiger partial charge in [-0.05, 0) is 18.1 Å². The van der Waals surface area contributed by atoms with E-state index in [4.69, 9.17) is 0 Å². The van der Waals surface area contributed by atoms with Gasteiger partial charge in [-0.25, -0.2) is 4.98 Å². The molecule has 2 nitrogen and oxygen atoms in total. The van der Waals surface area contributed by atoms with Crippen molar-refractivity contribution in [3.05, 3.63) is 36.2 Å². The van der Waals surface area contributed by atoms with Crippen LogP contribution in [0.15, 0.2) is 30.6 Å². The zero-order valence-corrected chi connectivity index (χ0v) is 8.09. The molecule has 13 heavy (non-hydrogen) atoms. The van der Waals surface area contributed by atoms with Crippen LogP contribution in [0.1, 0.15) is 19.4 Å². The Balaban J connectivity index is 2.44. The van der Waals surface area contributed by atoms with Gasteiger partial charge in [-0.1, -0.05) is 26.5 Å². The molecule has 2 heteroatoms. The van der Waals surface area contributed by atoms with Crippen molar-refractivity contribution in [1.82, 2.24) is 4.98 Å². The van der Waals surface area contributed by atoms with E-state index < -0.39 is 0 Å². The fraction of sp³-hybridized carbons (Fsp3) is 0.364. The van der Waals surface area contributed by atoms with Crippen LogP contribution < -0.4 is 5.32 Å². The minimum Gasteiger partial charge on any atom is -0.344 e. The van der Waals surface area contributed by atoms with Crippen LogP contribution in [0.3, 0.4) is 0 Å². The van der Waals surface area contributed by atoms with E-state index in [1.165, 1.54) is 5.56 Å². The summed E-state index contributed by atoms with van der Waals surface area (Å²) in [6.07, 6.45) is 2.82. The smallest absolute Gasteiger partial charge is 0.133 e. The highest BCUT2D eigenvalue weighted by atomic mass is 15.0. The van der Waals surface area contributed by atoms with Crippen LogP contribution in [-0.2, 0) is 6.42 Å². The topological polar surface area (TPSA) is 24.9 Å². The van der Waals surface area contributed by atoms with Gasteiger partial charge in [0, 0.05) is 17.3 Å². The van der Waals surface area contributed by atoms with Crippen LogP contribution in [0.4, 0.5) is 5.82 Å². The number of hydrogen-bond acceptors (Lipinski definition) is 2. The van der Waals surface area contributed by atoms with Crippen LogP contribution in [-0.4, -0.2) is 4.98 Å². The number of nitrogens with zero attached hydrogens (tertiary/aromatic N) is 1. The van der Waals surface area contributed by atoms with Crippen molar-refractivity contribution >= 4 is 5.82 Å². The van der Waals surface area contributed by atoms with Crippen LogP contribution in [0, 0.1) is 5.41 Å². The van der Waals surface area contributed by atoms with E-state index in [9.17, 15) is 0 Å². The van der Waals surface area contributed by atoms with Crippen molar-refractivity contribution in [3.63, 3.8) is 0 Å². The lowest BCUT2D eigenvalue weighted by molar-refractivity contribution is 0.438. The number of rotatable bonds is 0. The molecule has 0 atom stereocenters. The summed E-state index contributed by atoms with van der Waals surface area (Å²) in [5, 5.41) is 3.24.